The number of thioether (sulfide) groups is 2. The molecule has 5 heteroatoms. The zero-order chi connectivity index (χ0) is 6.57. The molecule has 0 heterocycles. The maximum Gasteiger partial charge on any atom is 0.157 e. The minimum Gasteiger partial charge on any atom is -0.378 e. The second-order valence-electron chi connectivity index (χ2n) is 0.958. The smallest absolute Gasteiger partial charge is 0.157 e. The fraction of sp³-hybridized carbons (Fsp3) is 0.333. The van der Waals surface area contributed by atoms with E-state index in [2.05, 4.69) is 0 Å². The Kier molecular flexibility index (Phi) is 3.72. The molecule has 0 rings (SSSR count). The van der Waals surface area contributed by atoms with E-state index in [1.54, 1.807) is 6.26 Å². The van der Waals surface area contributed by atoms with E-state index < -0.39 is 0 Å². The van der Waals surface area contributed by atoms with Crippen LogP contribution in [0.4, 0.5) is 0 Å². The van der Waals surface area contributed by atoms with Crippen molar-refractivity contribution in [1.82, 2.24) is 0 Å². The van der Waals surface area contributed by atoms with Crippen molar-refractivity contribution in [1.29, 1.82) is 10.8 Å². The molecule has 0 aromatic heterocycles. The molecule has 0 unspecified atom stereocenters. The van der Waals surface area contributed by atoms with Gasteiger partial charge in [-0.25, -0.2) is 0 Å². The number of rotatable bonds is 0. The minimum absolute atomic E-state index is 0.0237. The molecule has 0 atom stereocenters. The van der Waals surface area contributed by atoms with Crippen LogP contribution in [-0.2, 0) is 0 Å². The van der Waals surface area contributed by atoms with Gasteiger partial charge in [-0.1, -0.05) is 0 Å². The van der Waals surface area contributed by atoms with Crippen molar-refractivity contribution in [3.8, 4) is 0 Å². The maximum absolute atomic E-state index is 6.97. The Morgan fingerprint density at radius 1 is 1.50 bits per heavy atom. The molecule has 0 aromatic carbocycles. The largest absolute Gasteiger partial charge is 0.378 e. The molecule has 0 aliphatic rings. The summed E-state index contributed by atoms with van der Waals surface area (Å²) in [6, 6.07) is 0. The van der Waals surface area contributed by atoms with Gasteiger partial charge in [0, 0.05) is 0 Å². The Bertz CT molecular complexity index is 111. The van der Waals surface area contributed by atoms with Gasteiger partial charge in [0.1, 0.15) is 4.38 Å². The van der Waals surface area contributed by atoms with E-state index in [9.17, 15) is 0 Å². The Labute approximate surface area is 56.4 Å². The third-order valence-corrected chi connectivity index (χ3v) is 1.91. The van der Waals surface area contributed by atoms with Crippen LogP contribution < -0.4 is 5.73 Å². The summed E-state index contributed by atoms with van der Waals surface area (Å²) in [5.74, 6) is 0. The SMILES string of the molecule is CSC(=N)SC(=N)N. The van der Waals surface area contributed by atoms with Crippen LogP contribution in [0.5, 0.6) is 0 Å². The summed E-state index contributed by atoms with van der Waals surface area (Å²) in [7, 11) is 0. The molecule has 4 N–H and O–H groups in total. The highest BCUT2D eigenvalue weighted by atomic mass is 32.2. The van der Waals surface area contributed by atoms with Crippen LogP contribution in [0.3, 0.4) is 0 Å². The average molecular weight is 149 g/mol. The maximum atomic E-state index is 6.97. The van der Waals surface area contributed by atoms with Crippen molar-refractivity contribution in [3.63, 3.8) is 0 Å². The predicted molar refractivity (Wildman–Crippen MR) is 40.7 cm³/mol. The normalized spacial score (nSPS) is 8.62. The summed E-state index contributed by atoms with van der Waals surface area (Å²) >= 11 is 2.24. The lowest BCUT2D eigenvalue weighted by molar-refractivity contribution is 1.51. The van der Waals surface area contributed by atoms with Crippen LogP contribution in [-0.4, -0.2) is 15.8 Å². The predicted octanol–water partition coefficient (Wildman–Crippen LogP) is 0.911. The number of hydrogen-bond donors (Lipinski definition) is 3. The number of nitrogens with two attached hydrogens (primary N) is 1. The molecule has 0 aliphatic carbocycles. The van der Waals surface area contributed by atoms with E-state index in [1.165, 1.54) is 11.8 Å². The zero-order valence-corrected chi connectivity index (χ0v) is 6.03. The first kappa shape index (κ1) is 7.84. The third kappa shape index (κ3) is 4.01. The van der Waals surface area contributed by atoms with Crippen LogP contribution >= 0.6 is 23.5 Å². The highest BCUT2D eigenvalue weighted by Gasteiger charge is 1.94. The monoisotopic (exact) mass is 149 g/mol. The second kappa shape index (κ2) is 3.80. The summed E-state index contributed by atoms with van der Waals surface area (Å²) in [6.07, 6.45) is 1.78. The van der Waals surface area contributed by atoms with Gasteiger partial charge in [-0.15, -0.1) is 11.8 Å². The highest BCUT2D eigenvalue weighted by Crippen LogP contribution is 2.09. The molecule has 0 bridgehead atoms. The lowest BCUT2D eigenvalue weighted by Crippen LogP contribution is -2.05. The molecular weight excluding hydrogens is 142 g/mol. The summed E-state index contributed by atoms with van der Waals surface area (Å²) in [4.78, 5) is 0. The first-order chi connectivity index (χ1) is 3.66. The molecule has 0 saturated carbocycles. The van der Waals surface area contributed by atoms with E-state index in [0.29, 0.717) is 4.38 Å². The van der Waals surface area contributed by atoms with Gasteiger partial charge in [-0.2, -0.15) is 0 Å². The topological polar surface area (TPSA) is 73.7 Å². The van der Waals surface area contributed by atoms with Gasteiger partial charge in [0.2, 0.25) is 0 Å². The molecule has 0 radical (unpaired) electrons. The molecule has 0 aromatic rings. The summed E-state index contributed by atoms with van der Waals surface area (Å²) in [5, 5.41) is 13.7. The lowest BCUT2D eigenvalue weighted by atomic mass is 11.4. The van der Waals surface area contributed by atoms with Crippen LogP contribution in [0.2, 0.25) is 0 Å². The van der Waals surface area contributed by atoms with E-state index >= 15 is 0 Å². The average Bonchev–Trinajstić information content (AvgIpc) is 1.65. The van der Waals surface area contributed by atoms with Crippen molar-refractivity contribution < 1.29 is 0 Å². The van der Waals surface area contributed by atoms with E-state index in [4.69, 9.17) is 16.6 Å². The lowest BCUT2D eigenvalue weighted by Gasteiger charge is -1.93. The van der Waals surface area contributed by atoms with E-state index in [-0.39, 0.29) is 5.17 Å². The summed E-state index contributed by atoms with van der Waals surface area (Å²) in [5.41, 5.74) is 4.96. The summed E-state index contributed by atoms with van der Waals surface area (Å²) < 4.78 is 0.359. The van der Waals surface area contributed by atoms with Gasteiger partial charge < -0.3 is 5.73 Å². The molecule has 0 amide bonds. The van der Waals surface area contributed by atoms with Crippen LogP contribution in [0.1, 0.15) is 0 Å². The minimum atomic E-state index is -0.0237. The molecule has 46 valence electrons. The van der Waals surface area contributed by atoms with Crippen LogP contribution in [0.25, 0.3) is 0 Å². The molecule has 0 spiro atoms. The van der Waals surface area contributed by atoms with Crippen molar-refractivity contribution >= 4 is 33.1 Å². The number of nitrogens with one attached hydrogen (secondary N) is 2. The van der Waals surface area contributed by atoms with Crippen LogP contribution in [0.15, 0.2) is 0 Å². The van der Waals surface area contributed by atoms with Gasteiger partial charge in [-0.05, 0) is 18.0 Å². The summed E-state index contributed by atoms with van der Waals surface area (Å²) in [6.45, 7) is 0. The molecular formula is C3H7N3S2. The van der Waals surface area contributed by atoms with Gasteiger partial charge in [0.25, 0.3) is 0 Å². The Morgan fingerprint density at radius 2 is 2.00 bits per heavy atom. The van der Waals surface area contributed by atoms with Gasteiger partial charge >= 0.3 is 0 Å². The van der Waals surface area contributed by atoms with Crippen molar-refractivity contribution in [2.75, 3.05) is 6.26 Å². The second-order valence-corrected chi connectivity index (χ2v) is 3.09. The fourth-order valence-corrected chi connectivity index (χ4v) is 0.944. The van der Waals surface area contributed by atoms with Crippen molar-refractivity contribution in [2.24, 2.45) is 5.73 Å². The van der Waals surface area contributed by atoms with Gasteiger partial charge in [0.05, 0.1) is 0 Å². The fourth-order valence-electron chi connectivity index (χ4n) is 0.142. The Balaban J connectivity index is 3.40. The molecule has 0 aliphatic heterocycles. The molecule has 0 fully saturated rings. The Hall–Kier alpha value is -0.160. The van der Waals surface area contributed by atoms with E-state index in [0.717, 1.165) is 11.8 Å². The van der Waals surface area contributed by atoms with Crippen molar-refractivity contribution in [3.05, 3.63) is 0 Å². The van der Waals surface area contributed by atoms with Gasteiger partial charge in [0.15, 0.2) is 5.17 Å². The van der Waals surface area contributed by atoms with Crippen LogP contribution in [0, 0.1) is 10.8 Å². The number of hydrogen-bond acceptors (Lipinski definition) is 4. The highest BCUT2D eigenvalue weighted by molar-refractivity contribution is 8.44. The number of amidine groups is 1. The van der Waals surface area contributed by atoms with E-state index in [1.807, 2.05) is 0 Å². The molecule has 8 heavy (non-hydrogen) atoms. The van der Waals surface area contributed by atoms with Crippen molar-refractivity contribution in [2.45, 2.75) is 0 Å². The van der Waals surface area contributed by atoms with Gasteiger partial charge in [-0.3, -0.25) is 10.8 Å². The molecule has 0 saturated heterocycles. The Morgan fingerprint density at radius 3 is 2.12 bits per heavy atom. The first-order valence-corrected chi connectivity index (χ1v) is 3.85. The first-order valence-electron chi connectivity index (χ1n) is 1.81. The molecule has 3 nitrogen and oxygen atoms in total. The standard InChI is InChI=1S/C3H7N3S2/c1-7-3(6)8-2(4)5/h6H,1H3,(H3,4,5). The quantitative estimate of drug-likeness (QED) is 0.354. The zero-order valence-electron chi connectivity index (χ0n) is 4.39. The third-order valence-electron chi connectivity index (χ3n) is 0.388.